The van der Waals surface area contributed by atoms with Crippen molar-refractivity contribution in [1.29, 1.82) is 0 Å². The molecule has 0 bridgehead atoms. The van der Waals surface area contributed by atoms with E-state index in [1.165, 1.54) is 0 Å². The average Bonchev–Trinajstić information content (AvgIpc) is 1.94. The Bertz CT molecular complexity index is 276. The lowest BCUT2D eigenvalue weighted by molar-refractivity contribution is -0.00779. The van der Waals surface area contributed by atoms with Crippen LogP contribution in [0.3, 0.4) is 0 Å². The van der Waals surface area contributed by atoms with Crippen LogP contribution in [0.5, 0.6) is 0 Å². The van der Waals surface area contributed by atoms with Gasteiger partial charge in [0.05, 0.1) is 0 Å². The number of carbonyl (C=O) groups excluding carboxylic acids is 1. The van der Waals surface area contributed by atoms with Gasteiger partial charge in [-0.05, 0) is 53.9 Å². The van der Waals surface area contributed by atoms with Gasteiger partial charge in [-0.15, -0.1) is 0 Å². The number of nitrogens with two attached hydrogens (primary N) is 1. The molecule has 0 saturated carbocycles. The fraction of sp³-hybridized carbons (Fsp3) is 0.923. The summed E-state index contributed by atoms with van der Waals surface area (Å²) in [6, 6.07) is 0.313. The third-order valence-corrected chi connectivity index (χ3v) is 2.89. The minimum absolute atomic E-state index is 0.158. The third kappa shape index (κ3) is 4.94. The van der Waals surface area contributed by atoms with Crippen molar-refractivity contribution in [3.05, 3.63) is 0 Å². The second kappa shape index (κ2) is 4.84. The number of amides is 1. The standard InChI is InChI=1S/C13H26N2O2/c1-12(2,3)17-11(16)15-9-7-10(15)6-8-13(4,5)14/h10H,6-9,14H2,1-5H3. The maximum Gasteiger partial charge on any atom is 0.410 e. The van der Waals surface area contributed by atoms with E-state index in [-0.39, 0.29) is 11.6 Å². The maximum absolute atomic E-state index is 11.8. The van der Waals surface area contributed by atoms with Crippen LogP contribution in [0.1, 0.15) is 53.9 Å². The first-order valence-electron chi connectivity index (χ1n) is 6.37. The lowest BCUT2D eigenvalue weighted by atomic mass is 9.91. The van der Waals surface area contributed by atoms with E-state index < -0.39 is 5.60 Å². The fourth-order valence-corrected chi connectivity index (χ4v) is 1.84. The molecule has 0 aromatic rings. The minimum atomic E-state index is -0.412. The molecule has 0 spiro atoms. The van der Waals surface area contributed by atoms with E-state index in [0.29, 0.717) is 6.04 Å². The first-order valence-corrected chi connectivity index (χ1v) is 6.37. The molecule has 1 heterocycles. The number of ether oxygens (including phenoxy) is 1. The van der Waals surface area contributed by atoms with Crippen molar-refractivity contribution in [3.8, 4) is 0 Å². The quantitative estimate of drug-likeness (QED) is 0.827. The Hall–Kier alpha value is -0.770. The summed E-state index contributed by atoms with van der Waals surface area (Å²) in [7, 11) is 0. The largest absolute Gasteiger partial charge is 0.444 e. The van der Waals surface area contributed by atoms with Crippen molar-refractivity contribution in [2.24, 2.45) is 5.73 Å². The summed E-state index contributed by atoms with van der Waals surface area (Å²) in [5, 5.41) is 0. The number of rotatable bonds is 3. The highest BCUT2D eigenvalue weighted by Crippen LogP contribution is 2.26. The first kappa shape index (κ1) is 14.3. The predicted octanol–water partition coefficient (Wildman–Crippen LogP) is 2.51. The second-order valence-corrected chi connectivity index (χ2v) is 6.64. The fourth-order valence-electron chi connectivity index (χ4n) is 1.84. The summed E-state index contributed by atoms with van der Waals surface area (Å²) in [5.74, 6) is 0. The van der Waals surface area contributed by atoms with E-state index in [9.17, 15) is 4.79 Å². The van der Waals surface area contributed by atoms with E-state index in [4.69, 9.17) is 10.5 Å². The molecular formula is C13H26N2O2. The number of hydrogen-bond acceptors (Lipinski definition) is 3. The third-order valence-electron chi connectivity index (χ3n) is 2.89. The number of likely N-dealkylation sites (tertiary alicyclic amines) is 1. The molecule has 4 heteroatoms. The second-order valence-electron chi connectivity index (χ2n) is 6.64. The van der Waals surface area contributed by atoms with Crippen molar-refractivity contribution in [2.45, 2.75) is 71.1 Å². The van der Waals surface area contributed by atoms with Gasteiger partial charge in [0.15, 0.2) is 0 Å². The van der Waals surface area contributed by atoms with Crippen molar-refractivity contribution in [2.75, 3.05) is 6.54 Å². The highest BCUT2D eigenvalue weighted by molar-refractivity contribution is 5.69. The van der Waals surface area contributed by atoms with Crippen molar-refractivity contribution < 1.29 is 9.53 Å². The van der Waals surface area contributed by atoms with Gasteiger partial charge in [-0.25, -0.2) is 4.79 Å². The van der Waals surface area contributed by atoms with Gasteiger partial charge in [0.25, 0.3) is 0 Å². The maximum atomic E-state index is 11.8. The summed E-state index contributed by atoms with van der Waals surface area (Å²) >= 11 is 0. The van der Waals surface area contributed by atoms with Crippen LogP contribution in [0.2, 0.25) is 0 Å². The van der Waals surface area contributed by atoms with E-state index >= 15 is 0 Å². The molecule has 0 aromatic carbocycles. The molecule has 17 heavy (non-hydrogen) atoms. The zero-order valence-corrected chi connectivity index (χ0v) is 11.7. The van der Waals surface area contributed by atoms with Crippen molar-refractivity contribution in [1.82, 2.24) is 4.90 Å². The molecule has 1 unspecified atom stereocenters. The lowest BCUT2D eigenvalue weighted by Crippen LogP contribution is -2.53. The minimum Gasteiger partial charge on any atom is -0.444 e. The van der Waals surface area contributed by atoms with E-state index in [2.05, 4.69) is 0 Å². The Morgan fingerprint density at radius 2 is 1.94 bits per heavy atom. The molecule has 0 aliphatic carbocycles. The van der Waals surface area contributed by atoms with Gasteiger partial charge in [-0.2, -0.15) is 0 Å². The van der Waals surface area contributed by atoms with Gasteiger partial charge in [0.2, 0.25) is 0 Å². The van der Waals surface area contributed by atoms with E-state index in [1.54, 1.807) is 0 Å². The van der Waals surface area contributed by atoms with Gasteiger partial charge >= 0.3 is 6.09 Å². The predicted molar refractivity (Wildman–Crippen MR) is 68.8 cm³/mol. The Kier molecular flexibility index (Phi) is 4.07. The van der Waals surface area contributed by atoms with Crippen molar-refractivity contribution in [3.63, 3.8) is 0 Å². The van der Waals surface area contributed by atoms with Gasteiger partial charge < -0.3 is 15.4 Å². The molecular weight excluding hydrogens is 216 g/mol. The monoisotopic (exact) mass is 242 g/mol. The summed E-state index contributed by atoms with van der Waals surface area (Å²) in [6.07, 6.45) is 2.76. The number of nitrogens with zero attached hydrogens (tertiary/aromatic N) is 1. The summed E-state index contributed by atoms with van der Waals surface area (Å²) in [4.78, 5) is 13.7. The molecule has 100 valence electrons. The average molecular weight is 242 g/mol. The topological polar surface area (TPSA) is 55.6 Å². The van der Waals surface area contributed by atoms with Gasteiger partial charge in [0.1, 0.15) is 5.60 Å². The SMILES string of the molecule is CC(C)(N)CCC1CCN1C(=O)OC(C)(C)C. The van der Waals surface area contributed by atoms with Crippen LogP contribution >= 0.6 is 0 Å². The smallest absolute Gasteiger partial charge is 0.410 e. The highest BCUT2D eigenvalue weighted by Gasteiger charge is 2.35. The zero-order valence-electron chi connectivity index (χ0n) is 11.7. The molecule has 4 nitrogen and oxygen atoms in total. The van der Waals surface area contributed by atoms with E-state index in [0.717, 1.165) is 25.8 Å². The van der Waals surface area contributed by atoms with Crippen LogP contribution in [0.25, 0.3) is 0 Å². The van der Waals surface area contributed by atoms with Crippen LogP contribution in [-0.2, 0) is 4.74 Å². The summed E-state index contributed by atoms with van der Waals surface area (Å²) < 4.78 is 5.36. The zero-order chi connectivity index (χ0) is 13.3. The molecule has 1 fully saturated rings. The van der Waals surface area contributed by atoms with Gasteiger partial charge in [-0.3, -0.25) is 0 Å². The first-order chi connectivity index (χ1) is 7.58. The van der Waals surface area contributed by atoms with Gasteiger partial charge in [0, 0.05) is 18.1 Å². The molecule has 1 aliphatic rings. The van der Waals surface area contributed by atoms with E-state index in [1.807, 2.05) is 39.5 Å². The summed E-state index contributed by atoms with van der Waals surface area (Å²) in [5.41, 5.74) is 5.38. The number of carbonyl (C=O) groups is 1. The Morgan fingerprint density at radius 1 is 1.35 bits per heavy atom. The highest BCUT2D eigenvalue weighted by atomic mass is 16.6. The summed E-state index contributed by atoms with van der Waals surface area (Å²) in [6.45, 7) is 10.5. The Balaban J connectivity index is 2.38. The van der Waals surface area contributed by atoms with Crippen LogP contribution in [0.15, 0.2) is 0 Å². The molecule has 1 aliphatic heterocycles. The lowest BCUT2D eigenvalue weighted by Gasteiger charge is -2.42. The Morgan fingerprint density at radius 3 is 2.29 bits per heavy atom. The molecule has 0 radical (unpaired) electrons. The molecule has 1 saturated heterocycles. The molecule has 2 N–H and O–H groups in total. The van der Waals surface area contributed by atoms with Crippen molar-refractivity contribution >= 4 is 6.09 Å². The molecule has 1 atom stereocenters. The molecule has 1 rings (SSSR count). The molecule has 0 aromatic heterocycles. The van der Waals surface area contributed by atoms with Crippen LogP contribution in [0.4, 0.5) is 4.79 Å². The normalized spacial score (nSPS) is 21.1. The number of hydrogen-bond donors (Lipinski definition) is 1. The van der Waals surface area contributed by atoms with Crippen LogP contribution in [0, 0.1) is 0 Å². The van der Waals surface area contributed by atoms with Gasteiger partial charge in [-0.1, -0.05) is 0 Å². The Labute approximate surface area is 104 Å². The van der Waals surface area contributed by atoms with Crippen LogP contribution < -0.4 is 5.73 Å². The van der Waals surface area contributed by atoms with Crippen LogP contribution in [-0.4, -0.2) is 34.7 Å². The molecule has 1 amide bonds.